The Balaban J connectivity index is 1.85. The minimum atomic E-state index is 0.294. The van der Waals surface area contributed by atoms with E-state index < -0.39 is 0 Å². The summed E-state index contributed by atoms with van der Waals surface area (Å²) in [5.74, 6) is 0.294. The molecule has 0 bridgehead atoms. The maximum atomic E-state index is 9.15. The Labute approximate surface area is 105 Å². The Morgan fingerprint density at radius 1 is 1.18 bits per heavy atom. The molecule has 0 aliphatic rings. The van der Waals surface area contributed by atoms with E-state index in [0.29, 0.717) is 10.9 Å². The van der Waals surface area contributed by atoms with Crippen molar-refractivity contribution in [3.05, 3.63) is 53.3 Å². The third-order valence-electron chi connectivity index (χ3n) is 2.41. The second-order valence-electron chi connectivity index (χ2n) is 3.71. The smallest absolute Gasteiger partial charge is 0.131 e. The topological polar surface area (TPSA) is 45.1 Å². The van der Waals surface area contributed by atoms with Crippen LogP contribution in [-0.4, -0.2) is 16.6 Å². The number of anilines is 1. The van der Waals surface area contributed by atoms with Crippen molar-refractivity contribution in [1.29, 1.82) is 0 Å². The molecule has 0 saturated carbocycles. The summed E-state index contributed by atoms with van der Waals surface area (Å²) in [6.45, 7) is 0.811. The van der Waals surface area contributed by atoms with E-state index in [9.17, 15) is 0 Å². The molecule has 0 fully saturated rings. The Morgan fingerprint density at radius 3 is 2.65 bits per heavy atom. The van der Waals surface area contributed by atoms with Crippen LogP contribution in [0.15, 0.2) is 42.6 Å². The van der Waals surface area contributed by atoms with Crippen LogP contribution in [0.3, 0.4) is 0 Å². The first-order valence-corrected chi connectivity index (χ1v) is 5.75. The van der Waals surface area contributed by atoms with Gasteiger partial charge in [-0.3, -0.25) is 0 Å². The highest BCUT2D eigenvalue weighted by Gasteiger charge is 1.96. The maximum Gasteiger partial charge on any atom is 0.131 e. The van der Waals surface area contributed by atoms with Crippen LogP contribution in [0.25, 0.3) is 0 Å². The van der Waals surface area contributed by atoms with Gasteiger partial charge >= 0.3 is 0 Å². The number of benzene rings is 1. The molecule has 0 amide bonds. The van der Waals surface area contributed by atoms with Crippen molar-refractivity contribution < 1.29 is 5.11 Å². The number of rotatable bonds is 4. The van der Waals surface area contributed by atoms with E-state index in [1.54, 1.807) is 24.4 Å². The average Bonchev–Trinajstić information content (AvgIpc) is 2.32. The van der Waals surface area contributed by atoms with Gasteiger partial charge in [-0.2, -0.15) is 0 Å². The highest BCUT2D eigenvalue weighted by molar-refractivity contribution is 6.29. The fourth-order valence-electron chi connectivity index (χ4n) is 1.53. The summed E-state index contributed by atoms with van der Waals surface area (Å²) in [6, 6.07) is 10.9. The molecule has 1 aromatic heterocycles. The quantitative estimate of drug-likeness (QED) is 0.818. The molecular formula is C13H13ClN2O. The summed E-state index contributed by atoms with van der Waals surface area (Å²) in [5.41, 5.74) is 2.14. The molecule has 4 heteroatoms. The maximum absolute atomic E-state index is 9.15. The number of nitrogens with one attached hydrogen (secondary N) is 1. The minimum Gasteiger partial charge on any atom is -0.508 e. The van der Waals surface area contributed by atoms with Gasteiger partial charge in [-0.1, -0.05) is 23.7 Å². The van der Waals surface area contributed by atoms with Crippen LogP contribution in [0.1, 0.15) is 5.56 Å². The van der Waals surface area contributed by atoms with Gasteiger partial charge in [-0.15, -0.1) is 0 Å². The fraction of sp³-hybridized carbons (Fsp3) is 0.154. The lowest BCUT2D eigenvalue weighted by atomic mass is 10.1. The summed E-state index contributed by atoms with van der Waals surface area (Å²) < 4.78 is 0. The van der Waals surface area contributed by atoms with E-state index in [2.05, 4.69) is 10.3 Å². The van der Waals surface area contributed by atoms with Gasteiger partial charge in [-0.25, -0.2) is 4.98 Å². The summed E-state index contributed by atoms with van der Waals surface area (Å²) >= 11 is 5.78. The molecule has 0 unspecified atom stereocenters. The molecule has 1 aromatic carbocycles. The Bertz CT molecular complexity index is 485. The second-order valence-corrected chi connectivity index (χ2v) is 4.10. The molecule has 2 N–H and O–H groups in total. The third-order valence-corrected chi connectivity index (χ3v) is 2.61. The number of aromatic nitrogens is 1. The van der Waals surface area contributed by atoms with E-state index in [-0.39, 0.29) is 0 Å². The minimum absolute atomic E-state index is 0.294. The summed E-state index contributed by atoms with van der Waals surface area (Å²) in [5, 5.41) is 12.9. The van der Waals surface area contributed by atoms with Gasteiger partial charge in [0.05, 0.1) is 0 Å². The summed E-state index contributed by atoms with van der Waals surface area (Å²) in [7, 11) is 0. The zero-order chi connectivity index (χ0) is 12.1. The van der Waals surface area contributed by atoms with Crippen LogP contribution in [0.5, 0.6) is 5.75 Å². The molecule has 1 heterocycles. The molecule has 88 valence electrons. The Hall–Kier alpha value is -1.74. The number of aromatic hydroxyl groups is 1. The van der Waals surface area contributed by atoms with Crippen LogP contribution in [-0.2, 0) is 6.42 Å². The lowest BCUT2D eigenvalue weighted by Crippen LogP contribution is -2.04. The molecule has 2 rings (SSSR count). The van der Waals surface area contributed by atoms with Gasteiger partial charge in [0.1, 0.15) is 10.9 Å². The predicted octanol–water partition coefficient (Wildman–Crippen LogP) is 3.10. The van der Waals surface area contributed by atoms with Crippen LogP contribution in [0.2, 0.25) is 5.15 Å². The predicted molar refractivity (Wildman–Crippen MR) is 69.5 cm³/mol. The van der Waals surface area contributed by atoms with Crippen LogP contribution >= 0.6 is 11.6 Å². The standard InChI is InChI=1S/C13H13ClN2O/c14-13-9-11(6-8-16-13)15-7-5-10-1-3-12(17)4-2-10/h1-4,6,8-9,17H,5,7H2,(H,15,16). The highest BCUT2D eigenvalue weighted by Crippen LogP contribution is 2.13. The van der Waals surface area contributed by atoms with Gasteiger partial charge in [0.15, 0.2) is 0 Å². The van der Waals surface area contributed by atoms with Crippen molar-refractivity contribution in [2.45, 2.75) is 6.42 Å². The van der Waals surface area contributed by atoms with E-state index in [1.165, 1.54) is 5.56 Å². The first-order valence-electron chi connectivity index (χ1n) is 5.37. The van der Waals surface area contributed by atoms with E-state index in [4.69, 9.17) is 16.7 Å². The highest BCUT2D eigenvalue weighted by atomic mass is 35.5. The van der Waals surface area contributed by atoms with Gasteiger partial charge in [0.25, 0.3) is 0 Å². The molecule has 3 nitrogen and oxygen atoms in total. The van der Waals surface area contributed by atoms with Crippen molar-refractivity contribution in [3.63, 3.8) is 0 Å². The lowest BCUT2D eigenvalue weighted by Gasteiger charge is -2.06. The van der Waals surface area contributed by atoms with Crippen LogP contribution < -0.4 is 5.32 Å². The molecule has 0 aliphatic carbocycles. The van der Waals surface area contributed by atoms with E-state index >= 15 is 0 Å². The third kappa shape index (κ3) is 3.64. The van der Waals surface area contributed by atoms with Crippen molar-refractivity contribution in [2.75, 3.05) is 11.9 Å². The van der Waals surface area contributed by atoms with Crippen LogP contribution in [0, 0.1) is 0 Å². The SMILES string of the molecule is Oc1ccc(CCNc2ccnc(Cl)c2)cc1. The molecule has 0 radical (unpaired) electrons. The number of hydrogen-bond donors (Lipinski definition) is 2. The number of nitrogens with zero attached hydrogens (tertiary/aromatic N) is 1. The van der Waals surface area contributed by atoms with Crippen molar-refractivity contribution >= 4 is 17.3 Å². The monoisotopic (exact) mass is 248 g/mol. The Morgan fingerprint density at radius 2 is 1.94 bits per heavy atom. The largest absolute Gasteiger partial charge is 0.508 e. The van der Waals surface area contributed by atoms with Crippen LogP contribution in [0.4, 0.5) is 5.69 Å². The number of hydrogen-bond acceptors (Lipinski definition) is 3. The van der Waals surface area contributed by atoms with Gasteiger partial charge in [-0.05, 0) is 36.2 Å². The summed E-state index contributed by atoms with van der Waals surface area (Å²) in [4.78, 5) is 3.91. The lowest BCUT2D eigenvalue weighted by molar-refractivity contribution is 0.475. The number of phenolic OH excluding ortho intramolecular Hbond substituents is 1. The number of pyridine rings is 1. The van der Waals surface area contributed by atoms with Crippen molar-refractivity contribution in [3.8, 4) is 5.75 Å². The zero-order valence-electron chi connectivity index (χ0n) is 9.23. The first kappa shape index (κ1) is 11.7. The van der Waals surface area contributed by atoms with E-state index in [1.807, 2.05) is 18.2 Å². The molecule has 0 spiro atoms. The molecule has 17 heavy (non-hydrogen) atoms. The van der Waals surface area contributed by atoms with Crippen molar-refractivity contribution in [1.82, 2.24) is 4.98 Å². The second kappa shape index (κ2) is 5.55. The molecule has 0 saturated heterocycles. The molecule has 0 aliphatic heterocycles. The Kier molecular flexibility index (Phi) is 3.83. The zero-order valence-corrected chi connectivity index (χ0v) is 9.98. The number of phenols is 1. The molecular weight excluding hydrogens is 236 g/mol. The normalized spacial score (nSPS) is 10.2. The van der Waals surface area contributed by atoms with Gasteiger partial charge in [0.2, 0.25) is 0 Å². The van der Waals surface area contributed by atoms with Crippen molar-refractivity contribution in [2.24, 2.45) is 0 Å². The molecule has 0 atom stereocenters. The van der Waals surface area contributed by atoms with Gasteiger partial charge in [0, 0.05) is 18.4 Å². The number of halogens is 1. The average molecular weight is 249 g/mol. The van der Waals surface area contributed by atoms with E-state index in [0.717, 1.165) is 18.7 Å². The fourth-order valence-corrected chi connectivity index (χ4v) is 1.70. The summed E-state index contributed by atoms with van der Waals surface area (Å²) in [6.07, 6.45) is 2.56. The first-order chi connectivity index (χ1) is 8.24. The van der Waals surface area contributed by atoms with Gasteiger partial charge < -0.3 is 10.4 Å². The molecule has 2 aromatic rings.